The van der Waals surface area contributed by atoms with Gasteiger partial charge in [-0.1, -0.05) is 18.2 Å². The predicted molar refractivity (Wildman–Crippen MR) is 77.4 cm³/mol. The molecule has 0 saturated carbocycles. The van der Waals surface area contributed by atoms with Crippen LogP contribution in [0.15, 0.2) is 40.9 Å². The number of nitrogens with two attached hydrogens (primary N) is 1. The molecular formula is C15H14BrF2NO. The fourth-order valence-electron chi connectivity index (χ4n) is 1.82. The summed E-state index contributed by atoms with van der Waals surface area (Å²) in [5, 5.41) is 0. The highest BCUT2D eigenvalue weighted by Gasteiger charge is 2.11. The second kappa shape index (κ2) is 6.33. The standard InChI is InChI=1S/C15H14BrF2NO/c1-9(19)12-6-5-11(17)7-14(12)20-8-10-3-2-4-13(18)15(10)16/h2-7,9H,8,19H2,1H3/t9-/m0/s1. The van der Waals surface area contributed by atoms with E-state index in [1.165, 1.54) is 18.2 Å². The number of benzene rings is 2. The fourth-order valence-corrected chi connectivity index (χ4v) is 2.20. The molecule has 5 heteroatoms. The maximum atomic E-state index is 13.4. The molecule has 2 aromatic carbocycles. The molecule has 2 aromatic rings. The third-order valence-electron chi connectivity index (χ3n) is 2.88. The molecule has 1 atom stereocenters. The molecule has 0 aliphatic heterocycles. The first-order valence-corrected chi connectivity index (χ1v) is 6.89. The highest BCUT2D eigenvalue weighted by molar-refractivity contribution is 9.10. The van der Waals surface area contributed by atoms with Crippen LogP contribution in [0.3, 0.4) is 0 Å². The first-order chi connectivity index (χ1) is 9.49. The molecule has 0 unspecified atom stereocenters. The normalized spacial score (nSPS) is 12.2. The topological polar surface area (TPSA) is 35.2 Å². The molecule has 0 aliphatic carbocycles. The van der Waals surface area contributed by atoms with Gasteiger partial charge in [0.1, 0.15) is 24.0 Å². The van der Waals surface area contributed by atoms with E-state index in [-0.39, 0.29) is 18.5 Å². The molecule has 0 spiro atoms. The van der Waals surface area contributed by atoms with E-state index in [0.717, 1.165) is 0 Å². The van der Waals surface area contributed by atoms with Gasteiger partial charge in [0.05, 0.1) is 4.47 Å². The average molecular weight is 342 g/mol. The van der Waals surface area contributed by atoms with Crippen molar-refractivity contribution in [2.75, 3.05) is 0 Å². The van der Waals surface area contributed by atoms with E-state index in [4.69, 9.17) is 10.5 Å². The fraction of sp³-hybridized carbons (Fsp3) is 0.200. The van der Waals surface area contributed by atoms with Crippen LogP contribution < -0.4 is 10.5 Å². The van der Waals surface area contributed by atoms with Crippen LogP contribution in [0.25, 0.3) is 0 Å². The third kappa shape index (κ3) is 3.35. The van der Waals surface area contributed by atoms with Gasteiger partial charge in [0.25, 0.3) is 0 Å². The molecule has 20 heavy (non-hydrogen) atoms. The minimum atomic E-state index is -0.400. The summed E-state index contributed by atoms with van der Waals surface area (Å²) < 4.78 is 32.6. The van der Waals surface area contributed by atoms with E-state index in [2.05, 4.69) is 15.9 Å². The average Bonchev–Trinajstić information content (AvgIpc) is 2.40. The zero-order valence-electron chi connectivity index (χ0n) is 10.9. The van der Waals surface area contributed by atoms with Crippen LogP contribution in [-0.4, -0.2) is 0 Å². The number of halogens is 3. The van der Waals surface area contributed by atoms with Crippen molar-refractivity contribution in [3.63, 3.8) is 0 Å². The van der Waals surface area contributed by atoms with Crippen molar-refractivity contribution in [1.82, 2.24) is 0 Å². The lowest BCUT2D eigenvalue weighted by molar-refractivity contribution is 0.298. The van der Waals surface area contributed by atoms with Gasteiger partial charge in [-0.05, 0) is 35.0 Å². The summed E-state index contributed by atoms with van der Waals surface area (Å²) in [6.07, 6.45) is 0. The second-order valence-corrected chi connectivity index (χ2v) is 5.27. The molecule has 0 amide bonds. The van der Waals surface area contributed by atoms with Crippen LogP contribution in [0.1, 0.15) is 24.1 Å². The van der Waals surface area contributed by atoms with E-state index in [0.29, 0.717) is 21.3 Å². The lowest BCUT2D eigenvalue weighted by atomic mass is 10.1. The molecule has 0 bridgehead atoms. The largest absolute Gasteiger partial charge is 0.488 e. The number of rotatable bonds is 4. The van der Waals surface area contributed by atoms with Crippen LogP contribution in [0.5, 0.6) is 5.75 Å². The quantitative estimate of drug-likeness (QED) is 0.898. The lowest BCUT2D eigenvalue weighted by Crippen LogP contribution is -2.08. The SMILES string of the molecule is C[C@H](N)c1ccc(F)cc1OCc1cccc(F)c1Br. The van der Waals surface area contributed by atoms with Gasteiger partial charge in [0.2, 0.25) is 0 Å². The summed E-state index contributed by atoms with van der Waals surface area (Å²) in [5.41, 5.74) is 7.17. The van der Waals surface area contributed by atoms with Crippen molar-refractivity contribution in [3.05, 3.63) is 63.6 Å². The Morgan fingerprint density at radius 3 is 2.70 bits per heavy atom. The molecule has 0 aromatic heterocycles. The summed E-state index contributed by atoms with van der Waals surface area (Å²) >= 11 is 3.16. The van der Waals surface area contributed by atoms with E-state index in [1.807, 2.05) is 0 Å². The maximum Gasteiger partial charge on any atom is 0.137 e. The molecule has 0 aliphatic rings. The van der Waals surface area contributed by atoms with E-state index >= 15 is 0 Å². The molecule has 0 saturated heterocycles. The Kier molecular flexibility index (Phi) is 4.73. The van der Waals surface area contributed by atoms with Crippen molar-refractivity contribution in [2.45, 2.75) is 19.6 Å². The van der Waals surface area contributed by atoms with Gasteiger partial charge in [-0.2, -0.15) is 0 Å². The molecule has 0 heterocycles. The monoisotopic (exact) mass is 341 g/mol. The van der Waals surface area contributed by atoms with Crippen molar-refractivity contribution in [3.8, 4) is 5.75 Å². The van der Waals surface area contributed by atoms with Gasteiger partial charge < -0.3 is 10.5 Å². The minimum absolute atomic E-state index is 0.127. The van der Waals surface area contributed by atoms with E-state index < -0.39 is 5.82 Å². The molecule has 0 radical (unpaired) electrons. The number of hydrogen-bond acceptors (Lipinski definition) is 2. The van der Waals surface area contributed by atoms with E-state index in [9.17, 15) is 8.78 Å². The Morgan fingerprint density at radius 1 is 1.25 bits per heavy atom. The molecular weight excluding hydrogens is 328 g/mol. The third-order valence-corrected chi connectivity index (χ3v) is 3.77. The van der Waals surface area contributed by atoms with Gasteiger partial charge in [-0.15, -0.1) is 0 Å². The molecule has 0 fully saturated rings. The Morgan fingerprint density at radius 2 is 2.00 bits per heavy atom. The van der Waals surface area contributed by atoms with Crippen LogP contribution in [0.2, 0.25) is 0 Å². The summed E-state index contributed by atoms with van der Waals surface area (Å²) in [5.74, 6) is -0.392. The van der Waals surface area contributed by atoms with Crippen LogP contribution in [-0.2, 0) is 6.61 Å². The summed E-state index contributed by atoms with van der Waals surface area (Å²) in [6.45, 7) is 1.92. The minimum Gasteiger partial charge on any atom is -0.488 e. The number of ether oxygens (including phenoxy) is 1. The molecule has 106 valence electrons. The Bertz CT molecular complexity index is 617. The summed E-state index contributed by atoms with van der Waals surface area (Å²) in [7, 11) is 0. The van der Waals surface area contributed by atoms with Gasteiger partial charge >= 0.3 is 0 Å². The molecule has 2 N–H and O–H groups in total. The summed E-state index contributed by atoms with van der Waals surface area (Å²) in [6, 6.07) is 8.62. The highest BCUT2D eigenvalue weighted by atomic mass is 79.9. The van der Waals surface area contributed by atoms with Crippen molar-refractivity contribution in [1.29, 1.82) is 0 Å². The van der Waals surface area contributed by atoms with Crippen LogP contribution in [0, 0.1) is 11.6 Å². The molecule has 2 rings (SSSR count). The van der Waals surface area contributed by atoms with Crippen LogP contribution in [0.4, 0.5) is 8.78 Å². The second-order valence-electron chi connectivity index (χ2n) is 4.47. The van der Waals surface area contributed by atoms with E-state index in [1.54, 1.807) is 25.1 Å². The van der Waals surface area contributed by atoms with Crippen LogP contribution >= 0.6 is 15.9 Å². The summed E-state index contributed by atoms with van der Waals surface area (Å²) in [4.78, 5) is 0. The van der Waals surface area contributed by atoms with Gasteiger partial charge in [-0.25, -0.2) is 8.78 Å². The van der Waals surface area contributed by atoms with Gasteiger partial charge in [0.15, 0.2) is 0 Å². The zero-order valence-corrected chi connectivity index (χ0v) is 12.5. The predicted octanol–water partition coefficient (Wildman–Crippen LogP) is 4.33. The Labute approximate surface area is 124 Å². The smallest absolute Gasteiger partial charge is 0.137 e. The van der Waals surface area contributed by atoms with Crippen molar-refractivity contribution < 1.29 is 13.5 Å². The first-order valence-electron chi connectivity index (χ1n) is 6.09. The Hall–Kier alpha value is -1.46. The van der Waals surface area contributed by atoms with Crippen molar-refractivity contribution in [2.24, 2.45) is 5.73 Å². The number of hydrogen-bond donors (Lipinski definition) is 1. The molecule has 2 nitrogen and oxygen atoms in total. The lowest BCUT2D eigenvalue weighted by Gasteiger charge is -2.14. The Balaban J connectivity index is 2.22. The van der Waals surface area contributed by atoms with Gasteiger partial charge in [-0.3, -0.25) is 0 Å². The zero-order chi connectivity index (χ0) is 14.7. The first kappa shape index (κ1) is 14.9. The van der Waals surface area contributed by atoms with Crippen molar-refractivity contribution >= 4 is 15.9 Å². The maximum absolute atomic E-state index is 13.4. The van der Waals surface area contributed by atoms with Gasteiger partial charge in [0, 0.05) is 23.2 Å². The highest BCUT2D eigenvalue weighted by Crippen LogP contribution is 2.27.